The lowest BCUT2D eigenvalue weighted by Gasteiger charge is -1.97. The van der Waals surface area contributed by atoms with Gasteiger partial charge in [-0.2, -0.15) is 0 Å². The van der Waals surface area contributed by atoms with Crippen molar-refractivity contribution in [2.45, 2.75) is 4.90 Å². The first kappa shape index (κ1) is 12.1. The minimum atomic E-state index is -1.13. The van der Waals surface area contributed by atoms with Crippen LogP contribution in [0.1, 0.15) is 5.56 Å². The van der Waals surface area contributed by atoms with Crippen LogP contribution in [0.15, 0.2) is 64.9 Å². The first-order valence-corrected chi connectivity index (χ1v) is 6.75. The van der Waals surface area contributed by atoms with Gasteiger partial charge in [-0.15, -0.1) is 0 Å². The van der Waals surface area contributed by atoms with Crippen LogP contribution in [0.2, 0.25) is 5.02 Å². The van der Waals surface area contributed by atoms with E-state index in [0.717, 1.165) is 10.5 Å². The number of benzene rings is 2. The molecule has 0 saturated carbocycles. The van der Waals surface area contributed by atoms with Gasteiger partial charge in [-0.1, -0.05) is 48.0 Å². The molecular weight excluding hydrogens is 252 g/mol. The molecule has 17 heavy (non-hydrogen) atoms. The fourth-order valence-corrected chi connectivity index (χ4v) is 2.43. The van der Waals surface area contributed by atoms with Crippen molar-refractivity contribution in [3.05, 3.63) is 70.6 Å². The molecule has 1 unspecified atom stereocenters. The Morgan fingerprint density at radius 1 is 0.941 bits per heavy atom. The molecule has 0 aliphatic rings. The van der Waals surface area contributed by atoms with Crippen molar-refractivity contribution < 1.29 is 4.21 Å². The molecule has 1 nitrogen and oxygen atoms in total. The Morgan fingerprint density at radius 3 is 2.29 bits per heavy atom. The number of hydrogen-bond acceptors (Lipinski definition) is 1. The third-order valence-electron chi connectivity index (χ3n) is 2.25. The quantitative estimate of drug-likeness (QED) is 0.813. The van der Waals surface area contributed by atoms with Crippen LogP contribution < -0.4 is 0 Å². The average Bonchev–Trinajstić information content (AvgIpc) is 2.38. The molecule has 86 valence electrons. The van der Waals surface area contributed by atoms with Crippen molar-refractivity contribution >= 4 is 28.5 Å². The van der Waals surface area contributed by atoms with E-state index in [-0.39, 0.29) is 0 Å². The van der Waals surface area contributed by atoms with Gasteiger partial charge in [0.15, 0.2) is 0 Å². The summed E-state index contributed by atoms with van der Waals surface area (Å²) in [6.07, 6.45) is 1.78. The van der Waals surface area contributed by atoms with Crippen molar-refractivity contribution in [3.8, 4) is 0 Å². The predicted octanol–water partition coefficient (Wildman–Crippen LogP) is 4.12. The molecule has 2 aromatic rings. The average molecular weight is 263 g/mol. The fraction of sp³-hybridized carbons (Fsp3) is 0. The summed E-state index contributed by atoms with van der Waals surface area (Å²) in [7, 11) is -1.13. The van der Waals surface area contributed by atoms with Gasteiger partial charge in [0.05, 0.1) is 10.8 Å². The second-order valence-electron chi connectivity index (χ2n) is 3.43. The highest BCUT2D eigenvalue weighted by Gasteiger charge is 1.98. The molecule has 0 aliphatic carbocycles. The van der Waals surface area contributed by atoms with E-state index < -0.39 is 10.8 Å². The molecule has 3 heteroatoms. The van der Waals surface area contributed by atoms with Crippen molar-refractivity contribution in [2.24, 2.45) is 0 Å². The Balaban J connectivity index is 2.17. The highest BCUT2D eigenvalue weighted by atomic mass is 35.5. The zero-order valence-corrected chi connectivity index (χ0v) is 10.6. The molecule has 1 atom stereocenters. The van der Waals surface area contributed by atoms with Gasteiger partial charge in [-0.25, -0.2) is 4.21 Å². The van der Waals surface area contributed by atoms with Crippen molar-refractivity contribution in [1.82, 2.24) is 0 Å². The largest absolute Gasteiger partial charge is 0.250 e. The zero-order chi connectivity index (χ0) is 12.1. The number of halogens is 1. The van der Waals surface area contributed by atoms with Crippen LogP contribution in [0.4, 0.5) is 0 Å². The van der Waals surface area contributed by atoms with Crippen LogP contribution in [-0.2, 0) is 10.8 Å². The Morgan fingerprint density at radius 2 is 1.59 bits per heavy atom. The van der Waals surface area contributed by atoms with E-state index in [1.54, 1.807) is 11.5 Å². The van der Waals surface area contributed by atoms with Crippen molar-refractivity contribution in [2.75, 3.05) is 0 Å². The molecule has 0 aliphatic heterocycles. The maximum atomic E-state index is 11.9. The topological polar surface area (TPSA) is 17.1 Å². The molecule has 0 bridgehead atoms. The first-order valence-electron chi connectivity index (χ1n) is 5.16. The van der Waals surface area contributed by atoms with Crippen molar-refractivity contribution in [3.63, 3.8) is 0 Å². The molecule has 2 aromatic carbocycles. The lowest BCUT2D eigenvalue weighted by Crippen LogP contribution is -1.85. The van der Waals surface area contributed by atoms with Crippen molar-refractivity contribution in [1.29, 1.82) is 0 Å². The second-order valence-corrected chi connectivity index (χ2v) is 5.18. The molecule has 2 rings (SSSR count). The van der Waals surface area contributed by atoms with Gasteiger partial charge in [-0.3, -0.25) is 0 Å². The SMILES string of the molecule is O=S(/C=C/c1ccccc1Cl)c1ccccc1. The molecular formula is C14H11ClOS. The fourth-order valence-electron chi connectivity index (χ4n) is 1.38. The predicted molar refractivity (Wildman–Crippen MR) is 73.3 cm³/mol. The Hall–Kier alpha value is -1.38. The lowest BCUT2D eigenvalue weighted by atomic mass is 10.2. The first-order chi connectivity index (χ1) is 8.27. The molecule has 0 fully saturated rings. The third kappa shape index (κ3) is 3.29. The molecule has 0 amide bonds. The molecule has 0 spiro atoms. The number of hydrogen-bond donors (Lipinski definition) is 0. The van der Waals surface area contributed by atoms with Crippen LogP contribution in [0, 0.1) is 0 Å². The summed E-state index contributed by atoms with van der Waals surface area (Å²) in [6, 6.07) is 16.8. The van der Waals surface area contributed by atoms with Crippen LogP contribution in [0.3, 0.4) is 0 Å². The van der Waals surface area contributed by atoms with Gasteiger partial charge in [0.2, 0.25) is 0 Å². The molecule has 0 radical (unpaired) electrons. The highest BCUT2D eigenvalue weighted by Crippen LogP contribution is 2.17. The summed E-state index contributed by atoms with van der Waals surface area (Å²) in [5.41, 5.74) is 0.874. The van der Waals surface area contributed by atoms with E-state index in [9.17, 15) is 4.21 Å². The van der Waals surface area contributed by atoms with Gasteiger partial charge in [0.1, 0.15) is 0 Å². The van der Waals surface area contributed by atoms with E-state index >= 15 is 0 Å². The van der Waals surface area contributed by atoms with Gasteiger partial charge < -0.3 is 0 Å². The maximum Gasteiger partial charge on any atom is 0.0776 e. The monoisotopic (exact) mass is 262 g/mol. The van der Waals surface area contributed by atoms with E-state index in [1.165, 1.54) is 0 Å². The van der Waals surface area contributed by atoms with Gasteiger partial charge in [0, 0.05) is 15.3 Å². The summed E-state index contributed by atoms with van der Waals surface area (Å²) in [5.74, 6) is 0. The van der Waals surface area contributed by atoms with Gasteiger partial charge in [-0.05, 0) is 29.8 Å². The Labute approximate surface area is 108 Å². The van der Waals surface area contributed by atoms with Crippen LogP contribution in [0.25, 0.3) is 6.08 Å². The van der Waals surface area contributed by atoms with Gasteiger partial charge in [0.25, 0.3) is 0 Å². The van der Waals surface area contributed by atoms with E-state index in [1.807, 2.05) is 54.6 Å². The van der Waals surface area contributed by atoms with Crippen LogP contribution in [0.5, 0.6) is 0 Å². The minimum absolute atomic E-state index is 0.661. The summed E-state index contributed by atoms with van der Waals surface area (Å²) in [6.45, 7) is 0. The number of rotatable bonds is 3. The molecule has 0 aromatic heterocycles. The molecule has 0 saturated heterocycles. The minimum Gasteiger partial charge on any atom is -0.250 e. The normalized spacial score (nSPS) is 12.8. The molecule has 0 heterocycles. The summed E-state index contributed by atoms with van der Waals surface area (Å²) in [5, 5.41) is 2.31. The Bertz CT molecular complexity index is 549. The van der Waals surface area contributed by atoms with Crippen LogP contribution in [-0.4, -0.2) is 4.21 Å². The van der Waals surface area contributed by atoms with Gasteiger partial charge >= 0.3 is 0 Å². The summed E-state index contributed by atoms with van der Waals surface area (Å²) in [4.78, 5) is 0.788. The van der Waals surface area contributed by atoms with E-state index in [0.29, 0.717) is 5.02 Å². The highest BCUT2D eigenvalue weighted by molar-refractivity contribution is 7.88. The van der Waals surface area contributed by atoms with E-state index in [2.05, 4.69) is 0 Å². The summed E-state index contributed by atoms with van der Waals surface area (Å²) >= 11 is 6.00. The standard InChI is InChI=1S/C14H11ClOS/c15-14-9-5-4-6-12(14)10-11-17(16)13-7-2-1-3-8-13/h1-11H/b11-10+. The zero-order valence-electron chi connectivity index (χ0n) is 9.05. The lowest BCUT2D eigenvalue weighted by molar-refractivity contribution is 0.688. The summed E-state index contributed by atoms with van der Waals surface area (Å²) < 4.78 is 11.9. The third-order valence-corrected chi connectivity index (χ3v) is 3.72. The Kier molecular flexibility index (Phi) is 4.13. The molecule has 0 N–H and O–H groups in total. The maximum absolute atomic E-state index is 11.9. The smallest absolute Gasteiger partial charge is 0.0776 e. The second kappa shape index (κ2) is 5.80. The van der Waals surface area contributed by atoms with E-state index in [4.69, 9.17) is 11.6 Å². The van der Waals surface area contributed by atoms with Crippen LogP contribution >= 0.6 is 11.6 Å².